The summed E-state index contributed by atoms with van der Waals surface area (Å²) in [5.74, 6) is -0.0127. The number of anilines is 1. The van der Waals surface area contributed by atoms with Gasteiger partial charge in [0.15, 0.2) is 11.6 Å². The Morgan fingerprint density at radius 2 is 1.61 bits per heavy atom. The zero-order valence-corrected chi connectivity index (χ0v) is 18.3. The zero-order valence-electron chi connectivity index (χ0n) is 16.8. The number of hydrogen-bond acceptors (Lipinski definition) is 5. The van der Waals surface area contributed by atoms with Gasteiger partial charge in [-0.2, -0.15) is 0 Å². The van der Waals surface area contributed by atoms with E-state index in [4.69, 9.17) is 27.9 Å². The summed E-state index contributed by atoms with van der Waals surface area (Å²) < 4.78 is 5.61. The molecule has 7 heteroatoms. The van der Waals surface area contributed by atoms with Crippen LogP contribution in [0.3, 0.4) is 0 Å². The molecule has 0 aliphatic rings. The van der Waals surface area contributed by atoms with Crippen molar-refractivity contribution in [1.29, 1.82) is 0 Å². The molecule has 0 radical (unpaired) electrons. The molecule has 160 valence electrons. The number of carbonyl (C=O) groups is 2. The summed E-state index contributed by atoms with van der Waals surface area (Å²) in [7, 11) is 0. The Bertz CT molecular complexity index is 1090. The molecule has 0 aliphatic heterocycles. The SMILES string of the molecule is CC(=O)c1cc(Cl)ccc1OC[C@@H](O)CNc1ccc(Cl)cc1C(=O)c1ccccc1. The Hall–Kier alpha value is -2.86. The van der Waals surface area contributed by atoms with Crippen molar-refractivity contribution in [3.63, 3.8) is 0 Å². The molecule has 0 saturated heterocycles. The highest BCUT2D eigenvalue weighted by Gasteiger charge is 2.16. The van der Waals surface area contributed by atoms with E-state index in [1.54, 1.807) is 54.6 Å². The smallest absolute Gasteiger partial charge is 0.195 e. The number of aliphatic hydroxyl groups is 1. The molecular weight excluding hydrogens is 437 g/mol. The van der Waals surface area contributed by atoms with Crippen LogP contribution < -0.4 is 10.1 Å². The van der Waals surface area contributed by atoms with E-state index in [1.807, 2.05) is 6.07 Å². The number of carbonyl (C=O) groups excluding carboxylic acids is 2. The first-order valence-corrected chi connectivity index (χ1v) is 10.3. The second kappa shape index (κ2) is 10.4. The third kappa shape index (κ3) is 6.07. The lowest BCUT2D eigenvalue weighted by Gasteiger charge is -2.17. The van der Waals surface area contributed by atoms with E-state index in [1.165, 1.54) is 13.0 Å². The van der Waals surface area contributed by atoms with Gasteiger partial charge in [0.2, 0.25) is 0 Å². The van der Waals surface area contributed by atoms with Crippen molar-refractivity contribution in [2.24, 2.45) is 0 Å². The van der Waals surface area contributed by atoms with Gasteiger partial charge in [0, 0.05) is 33.4 Å². The predicted molar refractivity (Wildman–Crippen MR) is 123 cm³/mol. The third-order valence-electron chi connectivity index (χ3n) is 4.54. The fourth-order valence-electron chi connectivity index (χ4n) is 2.98. The Kier molecular flexibility index (Phi) is 7.69. The van der Waals surface area contributed by atoms with E-state index in [-0.39, 0.29) is 24.7 Å². The minimum Gasteiger partial charge on any atom is -0.490 e. The first-order chi connectivity index (χ1) is 14.8. The van der Waals surface area contributed by atoms with Crippen LogP contribution in [0.5, 0.6) is 5.75 Å². The molecule has 2 N–H and O–H groups in total. The minimum absolute atomic E-state index is 0.0511. The summed E-state index contributed by atoms with van der Waals surface area (Å²) in [6.07, 6.45) is -0.897. The quantitative estimate of drug-likeness (QED) is 0.427. The molecule has 3 aromatic rings. The van der Waals surface area contributed by atoms with Gasteiger partial charge in [0.05, 0.1) is 5.56 Å². The predicted octanol–water partition coefficient (Wildman–Crippen LogP) is 5.28. The van der Waals surface area contributed by atoms with Gasteiger partial charge in [-0.1, -0.05) is 53.5 Å². The van der Waals surface area contributed by atoms with Gasteiger partial charge < -0.3 is 15.2 Å². The van der Waals surface area contributed by atoms with E-state index >= 15 is 0 Å². The number of ketones is 2. The number of hydrogen-bond donors (Lipinski definition) is 2. The van der Waals surface area contributed by atoms with Crippen molar-refractivity contribution in [2.75, 3.05) is 18.5 Å². The van der Waals surface area contributed by atoms with Gasteiger partial charge in [0.1, 0.15) is 18.5 Å². The molecule has 0 saturated carbocycles. The first kappa shape index (κ1) is 22.8. The molecule has 31 heavy (non-hydrogen) atoms. The van der Waals surface area contributed by atoms with Crippen LogP contribution >= 0.6 is 23.2 Å². The molecule has 0 spiro atoms. The summed E-state index contributed by atoms with van der Waals surface area (Å²) in [5, 5.41) is 14.3. The molecule has 0 aromatic heterocycles. The third-order valence-corrected chi connectivity index (χ3v) is 5.01. The Balaban J connectivity index is 1.67. The standard InChI is InChI=1S/C24H21Cl2NO4/c1-15(28)20-11-18(26)8-10-23(20)31-14-19(29)13-27-22-9-7-17(25)12-21(22)24(30)16-5-3-2-4-6-16/h2-12,19,27,29H,13-14H2,1H3/t19-/m0/s1. The topological polar surface area (TPSA) is 75.6 Å². The molecule has 3 aromatic carbocycles. The molecular formula is C24H21Cl2NO4. The van der Waals surface area contributed by atoms with Gasteiger partial charge in [-0.25, -0.2) is 0 Å². The minimum atomic E-state index is -0.897. The van der Waals surface area contributed by atoms with Crippen molar-refractivity contribution >= 4 is 40.5 Å². The Labute approximate surface area is 190 Å². The van der Waals surface area contributed by atoms with Crippen LogP contribution in [0.4, 0.5) is 5.69 Å². The fourth-order valence-corrected chi connectivity index (χ4v) is 3.32. The van der Waals surface area contributed by atoms with E-state index in [0.717, 1.165) is 0 Å². The van der Waals surface area contributed by atoms with Crippen molar-refractivity contribution in [1.82, 2.24) is 0 Å². The first-order valence-electron chi connectivity index (χ1n) is 9.59. The highest BCUT2D eigenvalue weighted by atomic mass is 35.5. The maximum Gasteiger partial charge on any atom is 0.195 e. The largest absolute Gasteiger partial charge is 0.490 e. The number of Topliss-reactive ketones (excluding diaryl/α,β-unsaturated/α-hetero) is 1. The van der Waals surface area contributed by atoms with Gasteiger partial charge >= 0.3 is 0 Å². The van der Waals surface area contributed by atoms with Gasteiger partial charge in [-0.3, -0.25) is 9.59 Å². The molecule has 3 rings (SSSR count). The summed E-state index contributed by atoms with van der Waals surface area (Å²) in [5.41, 5.74) is 1.84. The molecule has 0 aliphatic carbocycles. The molecule has 0 bridgehead atoms. The Morgan fingerprint density at radius 3 is 2.29 bits per heavy atom. The average Bonchev–Trinajstić information content (AvgIpc) is 2.77. The monoisotopic (exact) mass is 457 g/mol. The summed E-state index contributed by atoms with van der Waals surface area (Å²) >= 11 is 12.0. The second-order valence-corrected chi connectivity index (χ2v) is 7.80. The van der Waals surface area contributed by atoms with Gasteiger partial charge in [-0.05, 0) is 43.3 Å². The lowest BCUT2D eigenvalue weighted by Crippen LogP contribution is -2.27. The van der Waals surface area contributed by atoms with E-state index in [0.29, 0.717) is 38.2 Å². The van der Waals surface area contributed by atoms with Crippen LogP contribution in [0.25, 0.3) is 0 Å². The van der Waals surface area contributed by atoms with E-state index in [2.05, 4.69) is 5.32 Å². The van der Waals surface area contributed by atoms with Crippen LogP contribution in [-0.2, 0) is 0 Å². The van der Waals surface area contributed by atoms with Crippen LogP contribution in [0, 0.1) is 0 Å². The molecule has 1 atom stereocenters. The number of ether oxygens (including phenoxy) is 1. The molecule has 0 heterocycles. The average molecular weight is 458 g/mol. The number of aliphatic hydroxyl groups excluding tert-OH is 1. The second-order valence-electron chi connectivity index (χ2n) is 6.93. The van der Waals surface area contributed by atoms with Crippen LogP contribution in [0.15, 0.2) is 66.7 Å². The van der Waals surface area contributed by atoms with Gasteiger partial charge in [0.25, 0.3) is 0 Å². The summed E-state index contributed by atoms with van der Waals surface area (Å²) in [4.78, 5) is 24.6. The number of halogens is 2. The van der Waals surface area contributed by atoms with E-state index in [9.17, 15) is 14.7 Å². The van der Waals surface area contributed by atoms with Crippen LogP contribution in [0.1, 0.15) is 33.2 Å². The number of benzene rings is 3. The highest BCUT2D eigenvalue weighted by molar-refractivity contribution is 6.31. The molecule has 0 unspecified atom stereocenters. The lowest BCUT2D eigenvalue weighted by molar-refractivity contribution is 0.0991. The Morgan fingerprint density at radius 1 is 0.968 bits per heavy atom. The van der Waals surface area contributed by atoms with Crippen LogP contribution in [-0.4, -0.2) is 35.9 Å². The molecule has 0 fully saturated rings. The molecule has 0 amide bonds. The van der Waals surface area contributed by atoms with Crippen LogP contribution in [0.2, 0.25) is 10.0 Å². The summed E-state index contributed by atoms with van der Waals surface area (Å²) in [6, 6.07) is 18.6. The normalized spacial score (nSPS) is 11.6. The maximum atomic E-state index is 12.9. The zero-order chi connectivity index (χ0) is 22.4. The number of rotatable bonds is 9. The van der Waals surface area contributed by atoms with Gasteiger partial charge in [-0.15, -0.1) is 0 Å². The maximum absolute atomic E-state index is 12.9. The fraction of sp³-hybridized carbons (Fsp3) is 0.167. The van der Waals surface area contributed by atoms with Crippen molar-refractivity contribution in [2.45, 2.75) is 13.0 Å². The van der Waals surface area contributed by atoms with Crippen molar-refractivity contribution in [3.05, 3.63) is 93.5 Å². The van der Waals surface area contributed by atoms with Crippen molar-refractivity contribution in [3.8, 4) is 5.75 Å². The number of nitrogens with one attached hydrogen (secondary N) is 1. The highest BCUT2D eigenvalue weighted by Crippen LogP contribution is 2.25. The lowest BCUT2D eigenvalue weighted by atomic mass is 10.0. The molecule has 5 nitrogen and oxygen atoms in total. The van der Waals surface area contributed by atoms with Crippen molar-refractivity contribution < 1.29 is 19.4 Å². The van der Waals surface area contributed by atoms with E-state index < -0.39 is 6.10 Å². The summed E-state index contributed by atoms with van der Waals surface area (Å²) in [6.45, 7) is 1.49.